The minimum atomic E-state index is 0.105. The summed E-state index contributed by atoms with van der Waals surface area (Å²) in [6.07, 6.45) is 0.505. The van der Waals surface area contributed by atoms with Crippen LogP contribution in [0.3, 0.4) is 0 Å². The average Bonchev–Trinajstić information content (AvgIpc) is 2.16. The van der Waals surface area contributed by atoms with E-state index in [1.54, 1.807) is 12.1 Å². The highest BCUT2D eigenvalue weighted by Gasteiger charge is 2.06. The van der Waals surface area contributed by atoms with E-state index in [0.717, 1.165) is 0 Å². The van der Waals surface area contributed by atoms with Crippen LogP contribution in [-0.2, 0) is 0 Å². The molecule has 2 radical (unpaired) electrons. The summed E-state index contributed by atoms with van der Waals surface area (Å²) in [6.45, 7) is 1.84. The van der Waals surface area contributed by atoms with Crippen LogP contribution in [-0.4, -0.2) is 22.4 Å². The van der Waals surface area contributed by atoms with E-state index in [-0.39, 0.29) is 5.78 Å². The molecule has 3 heteroatoms. The Morgan fingerprint density at radius 2 is 2.17 bits per heavy atom. The second-order valence-corrected chi connectivity index (χ2v) is 2.63. The van der Waals surface area contributed by atoms with E-state index in [0.29, 0.717) is 17.7 Å². The van der Waals surface area contributed by atoms with Crippen molar-refractivity contribution in [3.8, 4) is 5.75 Å². The third kappa shape index (κ3) is 1.88. The van der Waals surface area contributed by atoms with Crippen LogP contribution in [0.25, 0.3) is 0 Å². The minimum Gasteiger partial charge on any atom is -0.653 e. The van der Waals surface area contributed by atoms with Crippen LogP contribution in [0.5, 0.6) is 5.75 Å². The van der Waals surface area contributed by atoms with Crippen molar-refractivity contribution in [1.82, 2.24) is 0 Å². The van der Waals surface area contributed by atoms with Crippen LogP contribution in [0.15, 0.2) is 24.3 Å². The fourth-order valence-corrected chi connectivity index (χ4v) is 1.20. The third-order valence-electron chi connectivity index (χ3n) is 1.64. The summed E-state index contributed by atoms with van der Waals surface area (Å²) in [6, 6.07) is 7.21. The van der Waals surface area contributed by atoms with Crippen molar-refractivity contribution in [3.63, 3.8) is 0 Å². The number of para-hydroxylation sites is 1. The number of carbonyl (C=O) groups excluding carboxylic acids is 1. The smallest absolute Gasteiger partial charge is 0.482 e. The van der Waals surface area contributed by atoms with Crippen molar-refractivity contribution in [2.45, 2.75) is 13.3 Å². The lowest BCUT2D eigenvalue weighted by molar-refractivity contribution is 0.0986. The van der Waals surface area contributed by atoms with Crippen molar-refractivity contribution in [2.75, 3.05) is 0 Å². The maximum atomic E-state index is 11.3. The molecule has 1 aromatic rings. The molecule has 0 fully saturated rings. The zero-order chi connectivity index (χ0) is 8.97. The molecule has 0 spiro atoms. The largest absolute Gasteiger partial charge is 0.653 e. The van der Waals surface area contributed by atoms with E-state index < -0.39 is 0 Å². The number of ketones is 1. The van der Waals surface area contributed by atoms with E-state index in [9.17, 15) is 4.79 Å². The molecule has 2 nitrogen and oxygen atoms in total. The van der Waals surface area contributed by atoms with E-state index >= 15 is 0 Å². The van der Waals surface area contributed by atoms with Crippen LogP contribution in [0.1, 0.15) is 23.7 Å². The Morgan fingerprint density at radius 1 is 1.50 bits per heavy atom. The van der Waals surface area contributed by atoms with Gasteiger partial charge >= 0.3 is 16.6 Å². The van der Waals surface area contributed by atoms with Crippen molar-refractivity contribution in [2.24, 2.45) is 0 Å². The molecule has 0 heterocycles. The lowest BCUT2D eigenvalue weighted by Gasteiger charge is -2.07. The first kappa shape index (κ1) is 9.31. The molecule has 0 amide bonds. The van der Waals surface area contributed by atoms with E-state index in [1.165, 1.54) is 0 Å². The van der Waals surface area contributed by atoms with Gasteiger partial charge in [0.05, 0.1) is 11.3 Å². The van der Waals surface area contributed by atoms with Crippen LogP contribution in [0, 0.1) is 0 Å². The maximum absolute atomic E-state index is 11.3. The van der Waals surface area contributed by atoms with Gasteiger partial charge in [-0.1, -0.05) is 19.1 Å². The summed E-state index contributed by atoms with van der Waals surface area (Å²) >= 11 is 2.14. The molecule has 0 aromatic heterocycles. The maximum Gasteiger partial charge on any atom is 0.482 e. The number of hydrogen-bond acceptors (Lipinski definition) is 2. The van der Waals surface area contributed by atoms with E-state index in [4.69, 9.17) is 3.79 Å². The van der Waals surface area contributed by atoms with Crippen molar-refractivity contribution >= 4 is 22.4 Å². The van der Waals surface area contributed by atoms with Crippen LogP contribution >= 0.6 is 0 Å². The first-order valence-electron chi connectivity index (χ1n) is 3.78. The van der Waals surface area contributed by atoms with Gasteiger partial charge in [-0.2, -0.15) is 0 Å². The van der Waals surface area contributed by atoms with Crippen molar-refractivity contribution in [1.29, 1.82) is 0 Å². The Hall–Kier alpha value is -0.778. The fraction of sp³-hybridized carbons (Fsp3) is 0.222. The Labute approximate surface area is 80.3 Å². The fourth-order valence-electron chi connectivity index (χ4n) is 0.990. The molecular formula is C9H9AlO2. The highest BCUT2D eigenvalue weighted by atomic mass is 27.1. The first-order valence-corrected chi connectivity index (χ1v) is 4.25. The molecule has 0 unspecified atom stereocenters. The lowest BCUT2D eigenvalue weighted by atomic mass is 10.1. The summed E-state index contributed by atoms with van der Waals surface area (Å²) in [5.74, 6) is 0.724. The second-order valence-electron chi connectivity index (χ2n) is 2.39. The van der Waals surface area contributed by atoms with Gasteiger partial charge in [-0.3, -0.25) is 4.79 Å². The molecule has 0 saturated heterocycles. The van der Waals surface area contributed by atoms with Gasteiger partial charge in [0, 0.05) is 6.42 Å². The standard InChI is InChI=1S/C9H10O2.Al/c1-2-8(10)7-5-3-4-6-9(7)11;/h3-6,11H,2H2,1H3;/q;+1/p-1. The summed E-state index contributed by atoms with van der Waals surface area (Å²) < 4.78 is 4.96. The Balaban J connectivity index is 3.04. The number of Topliss-reactive ketones (excluding diaryl/α,β-unsaturated/α-hetero) is 1. The Morgan fingerprint density at radius 3 is 2.75 bits per heavy atom. The lowest BCUT2D eigenvalue weighted by Crippen LogP contribution is -2.00. The van der Waals surface area contributed by atoms with Crippen LogP contribution in [0.2, 0.25) is 0 Å². The summed E-state index contributed by atoms with van der Waals surface area (Å²) in [5, 5.41) is 0. The van der Waals surface area contributed by atoms with Crippen molar-refractivity contribution in [3.05, 3.63) is 29.8 Å². The van der Waals surface area contributed by atoms with Gasteiger partial charge in [-0.25, -0.2) is 0 Å². The average molecular weight is 176 g/mol. The third-order valence-corrected chi connectivity index (χ3v) is 1.89. The first-order chi connectivity index (χ1) is 5.79. The predicted molar refractivity (Wildman–Crippen MR) is 47.4 cm³/mol. The van der Waals surface area contributed by atoms with Gasteiger partial charge < -0.3 is 3.79 Å². The van der Waals surface area contributed by atoms with Crippen LogP contribution < -0.4 is 3.79 Å². The summed E-state index contributed by atoms with van der Waals surface area (Å²) in [7, 11) is 0. The molecule has 12 heavy (non-hydrogen) atoms. The molecule has 0 atom stereocenters. The molecule has 1 rings (SSSR count). The van der Waals surface area contributed by atoms with E-state index in [1.807, 2.05) is 19.1 Å². The van der Waals surface area contributed by atoms with Gasteiger partial charge in [-0.05, 0) is 12.1 Å². The highest BCUT2D eigenvalue weighted by Crippen LogP contribution is 2.18. The van der Waals surface area contributed by atoms with Gasteiger partial charge in [-0.15, -0.1) is 0 Å². The number of carbonyl (C=O) groups is 1. The highest BCUT2D eigenvalue weighted by molar-refractivity contribution is 6.03. The number of hydrogen-bond donors (Lipinski definition) is 0. The van der Waals surface area contributed by atoms with Gasteiger partial charge in [0.2, 0.25) is 0 Å². The topological polar surface area (TPSA) is 26.3 Å². The molecule has 1 aromatic carbocycles. The minimum absolute atomic E-state index is 0.105. The monoisotopic (exact) mass is 176 g/mol. The van der Waals surface area contributed by atoms with Gasteiger partial charge in [0.15, 0.2) is 5.78 Å². The second kappa shape index (κ2) is 4.30. The normalized spacial score (nSPS) is 9.42. The summed E-state index contributed by atoms with van der Waals surface area (Å²) in [4.78, 5) is 11.3. The molecule has 0 aliphatic carbocycles. The molecule has 0 aliphatic rings. The van der Waals surface area contributed by atoms with E-state index in [2.05, 4.69) is 16.6 Å². The SMILES string of the molecule is CCC(=O)c1ccccc1[O][Al]. The van der Waals surface area contributed by atoms with Gasteiger partial charge in [0.1, 0.15) is 0 Å². The van der Waals surface area contributed by atoms with Crippen molar-refractivity contribution < 1.29 is 8.58 Å². The quantitative estimate of drug-likeness (QED) is 0.518. The molecule has 0 bridgehead atoms. The number of rotatable bonds is 3. The zero-order valence-electron chi connectivity index (χ0n) is 6.91. The Bertz CT molecular complexity index is 284. The Kier molecular flexibility index (Phi) is 3.34. The molecule has 0 aliphatic heterocycles. The summed E-state index contributed by atoms with van der Waals surface area (Å²) in [5.41, 5.74) is 0.648. The van der Waals surface area contributed by atoms with Crippen LogP contribution in [0.4, 0.5) is 0 Å². The predicted octanol–water partition coefficient (Wildman–Crippen LogP) is 1.74. The molecule has 0 N–H and O–H groups in total. The number of benzene rings is 1. The molecule has 60 valence electrons. The van der Waals surface area contributed by atoms with Gasteiger partial charge in [0.25, 0.3) is 0 Å². The molecular weight excluding hydrogens is 167 g/mol. The molecule has 0 saturated carbocycles. The zero-order valence-corrected chi connectivity index (χ0v) is 8.07.